The monoisotopic (exact) mass is 453 g/mol. The standard InChI is InChI=1S/C21H19N5O5S/c1-12-24-25-18-7-4-13(9-26(12)18)20(28)31-10-19(27)23-21-22-16(11-32-21)15-8-14(29-2)5-6-17(15)30-3/h4-9,11H,10H2,1-3H3,(H,22,23,27). The smallest absolute Gasteiger partial charge is 0.340 e. The molecule has 3 aromatic heterocycles. The van der Waals surface area contributed by atoms with Crippen molar-refractivity contribution < 1.29 is 23.8 Å². The van der Waals surface area contributed by atoms with Crippen LogP contribution >= 0.6 is 11.3 Å². The number of aryl methyl sites for hydroxylation is 1. The van der Waals surface area contributed by atoms with Gasteiger partial charge in [0.2, 0.25) is 0 Å². The Bertz CT molecular complexity index is 1300. The largest absolute Gasteiger partial charge is 0.497 e. The molecule has 1 amide bonds. The number of amides is 1. The van der Waals surface area contributed by atoms with Crippen LogP contribution in [0.5, 0.6) is 11.5 Å². The van der Waals surface area contributed by atoms with Gasteiger partial charge in [0.1, 0.15) is 17.3 Å². The van der Waals surface area contributed by atoms with Gasteiger partial charge in [-0.15, -0.1) is 21.5 Å². The van der Waals surface area contributed by atoms with Gasteiger partial charge >= 0.3 is 5.97 Å². The van der Waals surface area contributed by atoms with E-state index >= 15 is 0 Å². The lowest BCUT2D eigenvalue weighted by atomic mass is 10.1. The highest BCUT2D eigenvalue weighted by molar-refractivity contribution is 7.14. The van der Waals surface area contributed by atoms with Crippen molar-refractivity contribution in [3.63, 3.8) is 0 Å². The number of ether oxygens (including phenoxy) is 3. The number of fused-ring (bicyclic) bond motifs is 1. The van der Waals surface area contributed by atoms with Crippen LogP contribution in [0.4, 0.5) is 5.13 Å². The summed E-state index contributed by atoms with van der Waals surface area (Å²) in [4.78, 5) is 29.0. The van der Waals surface area contributed by atoms with Crippen molar-refractivity contribution in [3.8, 4) is 22.8 Å². The first-order valence-corrected chi connectivity index (χ1v) is 10.3. The summed E-state index contributed by atoms with van der Waals surface area (Å²) < 4.78 is 17.4. The third-order valence-corrected chi connectivity index (χ3v) is 5.33. The van der Waals surface area contributed by atoms with E-state index in [9.17, 15) is 9.59 Å². The number of hydrogen-bond donors (Lipinski definition) is 1. The highest BCUT2D eigenvalue weighted by Crippen LogP contribution is 2.35. The van der Waals surface area contributed by atoms with E-state index in [0.717, 1.165) is 5.56 Å². The molecule has 0 aliphatic rings. The Labute approximate surface area is 186 Å². The van der Waals surface area contributed by atoms with E-state index in [1.54, 1.807) is 67.5 Å². The van der Waals surface area contributed by atoms with Crippen molar-refractivity contribution in [1.29, 1.82) is 0 Å². The number of nitrogens with one attached hydrogen (secondary N) is 1. The van der Waals surface area contributed by atoms with Crippen molar-refractivity contribution in [2.75, 3.05) is 26.1 Å². The normalized spacial score (nSPS) is 10.7. The average Bonchev–Trinajstić information content (AvgIpc) is 3.43. The van der Waals surface area contributed by atoms with Crippen LogP contribution in [-0.4, -0.2) is 52.3 Å². The summed E-state index contributed by atoms with van der Waals surface area (Å²) in [5, 5.41) is 12.7. The van der Waals surface area contributed by atoms with Gasteiger partial charge in [-0.1, -0.05) is 0 Å². The molecule has 0 radical (unpaired) electrons. The van der Waals surface area contributed by atoms with Crippen LogP contribution in [0.1, 0.15) is 16.2 Å². The number of benzene rings is 1. The van der Waals surface area contributed by atoms with E-state index in [-0.39, 0.29) is 5.56 Å². The number of methoxy groups -OCH3 is 2. The first-order chi connectivity index (χ1) is 15.5. The maximum Gasteiger partial charge on any atom is 0.340 e. The predicted octanol–water partition coefficient (Wildman–Crippen LogP) is 2.97. The van der Waals surface area contributed by atoms with Crippen molar-refractivity contribution in [2.45, 2.75) is 6.92 Å². The summed E-state index contributed by atoms with van der Waals surface area (Å²) >= 11 is 1.24. The zero-order chi connectivity index (χ0) is 22.7. The maximum atomic E-state index is 12.3. The first kappa shape index (κ1) is 21.2. The van der Waals surface area contributed by atoms with Crippen LogP contribution in [-0.2, 0) is 9.53 Å². The molecule has 164 valence electrons. The van der Waals surface area contributed by atoms with Gasteiger partial charge in [0.05, 0.1) is 25.5 Å². The van der Waals surface area contributed by atoms with Crippen LogP contribution in [0.15, 0.2) is 41.9 Å². The number of esters is 1. The Kier molecular flexibility index (Phi) is 5.99. The minimum absolute atomic E-state index is 0.287. The van der Waals surface area contributed by atoms with Crippen LogP contribution in [0.3, 0.4) is 0 Å². The first-order valence-electron chi connectivity index (χ1n) is 9.45. The van der Waals surface area contributed by atoms with Gasteiger partial charge in [0.25, 0.3) is 5.91 Å². The summed E-state index contributed by atoms with van der Waals surface area (Å²) in [6.45, 7) is 1.32. The average molecular weight is 453 g/mol. The highest BCUT2D eigenvalue weighted by atomic mass is 32.1. The van der Waals surface area contributed by atoms with Crippen molar-refractivity contribution in [3.05, 3.63) is 53.3 Å². The van der Waals surface area contributed by atoms with Gasteiger partial charge in [-0.3, -0.25) is 14.5 Å². The molecule has 0 saturated heterocycles. The van der Waals surface area contributed by atoms with Crippen LogP contribution in [0.25, 0.3) is 16.9 Å². The van der Waals surface area contributed by atoms with Crippen LogP contribution < -0.4 is 14.8 Å². The third-order valence-electron chi connectivity index (χ3n) is 4.58. The van der Waals surface area contributed by atoms with Crippen molar-refractivity contribution in [2.24, 2.45) is 0 Å². The van der Waals surface area contributed by atoms with Gasteiger partial charge in [0, 0.05) is 17.1 Å². The molecule has 0 aliphatic carbocycles. The molecule has 0 atom stereocenters. The fraction of sp³-hybridized carbons (Fsp3) is 0.190. The van der Waals surface area contributed by atoms with Gasteiger partial charge < -0.3 is 14.2 Å². The minimum atomic E-state index is -0.629. The summed E-state index contributed by atoms with van der Waals surface area (Å²) in [5.41, 5.74) is 2.25. The second kappa shape index (κ2) is 9.02. The molecule has 0 aliphatic heterocycles. The fourth-order valence-electron chi connectivity index (χ4n) is 2.96. The molecule has 10 nitrogen and oxygen atoms in total. The number of thiazole rings is 1. The number of nitrogens with zero attached hydrogens (tertiary/aromatic N) is 4. The number of rotatable bonds is 7. The molecule has 0 unspecified atom stereocenters. The van der Waals surface area contributed by atoms with Gasteiger partial charge in [-0.2, -0.15) is 0 Å². The quantitative estimate of drug-likeness (QED) is 0.425. The number of aromatic nitrogens is 4. The zero-order valence-corrected chi connectivity index (χ0v) is 18.3. The summed E-state index contributed by atoms with van der Waals surface area (Å²) in [5.74, 6) is 0.795. The van der Waals surface area contributed by atoms with E-state index in [4.69, 9.17) is 14.2 Å². The Morgan fingerprint density at radius 2 is 1.97 bits per heavy atom. The number of carbonyl (C=O) groups is 2. The third kappa shape index (κ3) is 4.37. The molecular weight excluding hydrogens is 434 g/mol. The van der Waals surface area contributed by atoms with Crippen LogP contribution in [0, 0.1) is 6.92 Å². The van der Waals surface area contributed by atoms with Gasteiger partial charge in [-0.05, 0) is 37.3 Å². The number of pyridine rings is 1. The second-order valence-electron chi connectivity index (χ2n) is 6.62. The Hall–Kier alpha value is -3.99. The van der Waals surface area contributed by atoms with E-state index in [2.05, 4.69) is 20.5 Å². The van der Waals surface area contributed by atoms with E-state index < -0.39 is 18.5 Å². The SMILES string of the molecule is COc1ccc(OC)c(-c2csc(NC(=O)COC(=O)c3ccc4nnc(C)n4c3)n2)c1. The Morgan fingerprint density at radius 1 is 1.12 bits per heavy atom. The number of carbonyl (C=O) groups excluding carboxylic acids is 2. The molecule has 11 heteroatoms. The van der Waals surface area contributed by atoms with Crippen molar-refractivity contribution in [1.82, 2.24) is 19.6 Å². The summed E-state index contributed by atoms with van der Waals surface area (Å²) in [6, 6.07) is 8.59. The molecule has 1 N–H and O–H groups in total. The Balaban J connectivity index is 1.39. The lowest BCUT2D eigenvalue weighted by molar-refractivity contribution is -0.119. The van der Waals surface area contributed by atoms with E-state index in [1.165, 1.54) is 11.3 Å². The lowest BCUT2D eigenvalue weighted by Gasteiger charge is -2.08. The van der Waals surface area contributed by atoms with Crippen molar-refractivity contribution >= 4 is 34.0 Å². The van der Waals surface area contributed by atoms with Crippen LogP contribution in [0.2, 0.25) is 0 Å². The maximum absolute atomic E-state index is 12.3. The topological polar surface area (TPSA) is 117 Å². The molecule has 4 aromatic rings. The Morgan fingerprint density at radius 3 is 2.75 bits per heavy atom. The predicted molar refractivity (Wildman–Crippen MR) is 117 cm³/mol. The molecule has 0 spiro atoms. The van der Waals surface area contributed by atoms with Gasteiger partial charge in [0.15, 0.2) is 17.4 Å². The highest BCUT2D eigenvalue weighted by Gasteiger charge is 2.15. The minimum Gasteiger partial charge on any atom is -0.497 e. The molecular formula is C21H19N5O5S. The molecule has 0 bridgehead atoms. The summed E-state index contributed by atoms with van der Waals surface area (Å²) in [7, 11) is 3.14. The number of anilines is 1. The summed E-state index contributed by atoms with van der Waals surface area (Å²) in [6.07, 6.45) is 1.57. The lowest BCUT2D eigenvalue weighted by Crippen LogP contribution is -2.21. The fourth-order valence-corrected chi connectivity index (χ4v) is 3.69. The second-order valence-corrected chi connectivity index (χ2v) is 7.48. The molecule has 0 fully saturated rings. The number of hydrogen-bond acceptors (Lipinski definition) is 9. The molecule has 0 saturated carbocycles. The molecule has 4 rings (SSSR count). The van der Waals surface area contributed by atoms with E-state index in [0.29, 0.717) is 33.8 Å². The molecule has 1 aromatic carbocycles. The zero-order valence-electron chi connectivity index (χ0n) is 17.5. The van der Waals surface area contributed by atoms with Gasteiger partial charge in [-0.25, -0.2) is 9.78 Å². The van der Waals surface area contributed by atoms with E-state index in [1.807, 2.05) is 0 Å². The molecule has 3 heterocycles. The molecule has 32 heavy (non-hydrogen) atoms.